The molecule has 1 heterocycles. The number of amides is 1. The minimum Gasteiger partial charge on any atom is -0.392 e. The lowest BCUT2D eigenvalue weighted by Gasteiger charge is -2.11. The summed E-state index contributed by atoms with van der Waals surface area (Å²) in [7, 11) is 0. The lowest BCUT2D eigenvalue weighted by molar-refractivity contribution is -0.122. The Balaban J connectivity index is 1.82. The lowest BCUT2D eigenvalue weighted by atomic mass is 10.1. The molecule has 2 rings (SSSR count). The average Bonchev–Trinajstić information content (AvgIpc) is 2.90. The minimum absolute atomic E-state index is 0.0216. The predicted molar refractivity (Wildman–Crippen MR) is 65.2 cm³/mol. The largest absolute Gasteiger partial charge is 0.392 e. The molecular weight excluding hydrogens is 216 g/mol. The van der Waals surface area contributed by atoms with Crippen LogP contribution in [-0.4, -0.2) is 23.6 Å². The van der Waals surface area contributed by atoms with Gasteiger partial charge in [0.1, 0.15) is 0 Å². The van der Waals surface area contributed by atoms with Crippen molar-refractivity contribution in [3.8, 4) is 0 Å². The first-order valence-electron chi connectivity index (χ1n) is 5.99. The number of hydrogen-bond acceptors (Lipinski definition) is 3. The minimum atomic E-state index is -0.0216. The summed E-state index contributed by atoms with van der Waals surface area (Å²) in [6.45, 7) is 1.53. The Morgan fingerprint density at radius 2 is 2.06 bits per heavy atom. The molecule has 1 amide bonds. The van der Waals surface area contributed by atoms with Gasteiger partial charge >= 0.3 is 0 Å². The van der Waals surface area contributed by atoms with Crippen LogP contribution in [0.2, 0.25) is 0 Å². The van der Waals surface area contributed by atoms with E-state index < -0.39 is 0 Å². The van der Waals surface area contributed by atoms with E-state index in [9.17, 15) is 4.79 Å². The topological polar surface area (TPSA) is 61.4 Å². The standard InChI is InChI=1S/C13H18N2O2/c16-9-11-5-3-10(4-6-11)8-15-13(17)12-2-1-7-14-12/h3-6,12,14,16H,1-2,7-9H2,(H,15,17). The second kappa shape index (κ2) is 5.80. The van der Waals surface area contributed by atoms with Crippen LogP contribution in [0.25, 0.3) is 0 Å². The number of hydrogen-bond donors (Lipinski definition) is 3. The number of carbonyl (C=O) groups is 1. The van der Waals surface area contributed by atoms with Crippen molar-refractivity contribution in [1.82, 2.24) is 10.6 Å². The van der Waals surface area contributed by atoms with Gasteiger partial charge in [0.25, 0.3) is 0 Å². The van der Waals surface area contributed by atoms with Gasteiger partial charge in [0, 0.05) is 6.54 Å². The smallest absolute Gasteiger partial charge is 0.237 e. The summed E-state index contributed by atoms with van der Waals surface area (Å²) in [6, 6.07) is 7.57. The highest BCUT2D eigenvalue weighted by atomic mass is 16.3. The normalized spacial score (nSPS) is 19.2. The highest BCUT2D eigenvalue weighted by molar-refractivity contribution is 5.81. The average molecular weight is 234 g/mol. The maximum absolute atomic E-state index is 11.7. The van der Waals surface area contributed by atoms with Crippen molar-refractivity contribution in [3.05, 3.63) is 35.4 Å². The van der Waals surface area contributed by atoms with Gasteiger partial charge in [-0.1, -0.05) is 24.3 Å². The Morgan fingerprint density at radius 1 is 1.35 bits per heavy atom. The van der Waals surface area contributed by atoms with Crippen molar-refractivity contribution >= 4 is 5.91 Å². The van der Waals surface area contributed by atoms with E-state index in [1.54, 1.807) is 0 Å². The fourth-order valence-electron chi connectivity index (χ4n) is 1.98. The molecule has 0 aliphatic carbocycles. The second-order valence-electron chi connectivity index (χ2n) is 4.34. The fourth-order valence-corrected chi connectivity index (χ4v) is 1.98. The van der Waals surface area contributed by atoms with Gasteiger partial charge in [-0.25, -0.2) is 0 Å². The molecule has 0 aromatic heterocycles. The molecule has 1 aliphatic rings. The van der Waals surface area contributed by atoms with E-state index in [0.29, 0.717) is 6.54 Å². The molecule has 1 saturated heterocycles. The van der Waals surface area contributed by atoms with Crippen LogP contribution in [0.4, 0.5) is 0 Å². The SMILES string of the molecule is O=C(NCc1ccc(CO)cc1)C1CCCN1. The van der Waals surface area contributed by atoms with E-state index in [0.717, 1.165) is 30.5 Å². The van der Waals surface area contributed by atoms with E-state index in [4.69, 9.17) is 5.11 Å². The van der Waals surface area contributed by atoms with Gasteiger partial charge in [0.15, 0.2) is 0 Å². The number of aliphatic hydroxyl groups excluding tert-OH is 1. The molecule has 0 saturated carbocycles. The number of benzene rings is 1. The van der Waals surface area contributed by atoms with Crippen molar-refractivity contribution < 1.29 is 9.90 Å². The van der Waals surface area contributed by atoms with Gasteiger partial charge in [-0.05, 0) is 30.5 Å². The zero-order valence-corrected chi connectivity index (χ0v) is 9.78. The molecule has 3 N–H and O–H groups in total. The summed E-state index contributed by atoms with van der Waals surface area (Å²) < 4.78 is 0. The molecule has 0 radical (unpaired) electrons. The number of carbonyl (C=O) groups excluding carboxylic acids is 1. The van der Waals surface area contributed by atoms with Crippen LogP contribution in [0.5, 0.6) is 0 Å². The summed E-state index contributed by atoms with van der Waals surface area (Å²) in [5, 5.41) is 15.0. The van der Waals surface area contributed by atoms with Crippen LogP contribution in [0.15, 0.2) is 24.3 Å². The molecule has 1 fully saturated rings. The highest BCUT2D eigenvalue weighted by Gasteiger charge is 2.21. The third-order valence-electron chi connectivity index (χ3n) is 3.05. The number of nitrogens with one attached hydrogen (secondary N) is 2. The van der Waals surface area contributed by atoms with E-state index in [2.05, 4.69) is 10.6 Å². The predicted octanol–water partition coefficient (Wildman–Crippen LogP) is 0.547. The molecule has 1 aromatic rings. The highest BCUT2D eigenvalue weighted by Crippen LogP contribution is 2.06. The van der Waals surface area contributed by atoms with Crippen LogP contribution >= 0.6 is 0 Å². The van der Waals surface area contributed by atoms with Crippen LogP contribution < -0.4 is 10.6 Å². The zero-order chi connectivity index (χ0) is 12.1. The zero-order valence-electron chi connectivity index (χ0n) is 9.78. The maximum Gasteiger partial charge on any atom is 0.237 e. The molecule has 1 atom stereocenters. The van der Waals surface area contributed by atoms with Gasteiger partial charge < -0.3 is 15.7 Å². The number of aliphatic hydroxyl groups is 1. The monoisotopic (exact) mass is 234 g/mol. The maximum atomic E-state index is 11.7. The Hall–Kier alpha value is -1.39. The van der Waals surface area contributed by atoms with E-state index in [1.165, 1.54) is 0 Å². The Morgan fingerprint density at radius 3 is 2.65 bits per heavy atom. The summed E-state index contributed by atoms with van der Waals surface area (Å²) >= 11 is 0. The van der Waals surface area contributed by atoms with Crippen LogP contribution in [0.3, 0.4) is 0 Å². The summed E-state index contributed by atoms with van der Waals surface area (Å²) in [5.41, 5.74) is 1.94. The summed E-state index contributed by atoms with van der Waals surface area (Å²) in [6.07, 6.45) is 2.00. The van der Waals surface area contributed by atoms with Gasteiger partial charge in [-0.15, -0.1) is 0 Å². The third-order valence-corrected chi connectivity index (χ3v) is 3.05. The van der Waals surface area contributed by atoms with Crippen LogP contribution in [0, 0.1) is 0 Å². The molecule has 92 valence electrons. The van der Waals surface area contributed by atoms with E-state index >= 15 is 0 Å². The Labute approximate surface area is 101 Å². The van der Waals surface area contributed by atoms with Gasteiger partial charge in [-0.3, -0.25) is 4.79 Å². The molecule has 4 heteroatoms. The molecule has 17 heavy (non-hydrogen) atoms. The second-order valence-corrected chi connectivity index (χ2v) is 4.34. The molecule has 0 bridgehead atoms. The molecule has 1 aliphatic heterocycles. The molecule has 1 aromatic carbocycles. The van der Waals surface area contributed by atoms with Crippen molar-refractivity contribution in [2.24, 2.45) is 0 Å². The van der Waals surface area contributed by atoms with E-state index in [-0.39, 0.29) is 18.6 Å². The van der Waals surface area contributed by atoms with Crippen molar-refractivity contribution in [3.63, 3.8) is 0 Å². The Bertz CT molecular complexity index is 370. The molecule has 0 spiro atoms. The quantitative estimate of drug-likeness (QED) is 0.713. The number of rotatable bonds is 4. The van der Waals surface area contributed by atoms with Crippen molar-refractivity contribution in [2.75, 3.05) is 6.54 Å². The van der Waals surface area contributed by atoms with Crippen molar-refractivity contribution in [2.45, 2.75) is 32.0 Å². The molecule has 1 unspecified atom stereocenters. The van der Waals surface area contributed by atoms with Gasteiger partial charge in [0.2, 0.25) is 5.91 Å². The Kier molecular flexibility index (Phi) is 4.12. The lowest BCUT2D eigenvalue weighted by Crippen LogP contribution is -2.39. The van der Waals surface area contributed by atoms with Gasteiger partial charge in [0.05, 0.1) is 12.6 Å². The first-order valence-corrected chi connectivity index (χ1v) is 5.99. The first-order chi connectivity index (χ1) is 8.29. The summed E-state index contributed by atoms with van der Waals surface area (Å²) in [5.74, 6) is 0.0775. The van der Waals surface area contributed by atoms with Crippen molar-refractivity contribution in [1.29, 1.82) is 0 Å². The summed E-state index contributed by atoms with van der Waals surface area (Å²) in [4.78, 5) is 11.7. The fraction of sp³-hybridized carbons (Fsp3) is 0.462. The van der Waals surface area contributed by atoms with E-state index in [1.807, 2.05) is 24.3 Å². The van der Waals surface area contributed by atoms with Crippen LogP contribution in [-0.2, 0) is 17.9 Å². The van der Waals surface area contributed by atoms with Crippen LogP contribution in [0.1, 0.15) is 24.0 Å². The molecule has 4 nitrogen and oxygen atoms in total. The molecular formula is C13H18N2O2. The third kappa shape index (κ3) is 3.28. The van der Waals surface area contributed by atoms with Gasteiger partial charge in [-0.2, -0.15) is 0 Å². The first kappa shape index (κ1) is 12.1.